The van der Waals surface area contributed by atoms with Gasteiger partial charge in [0.25, 0.3) is 0 Å². The number of piperidine rings is 1. The van der Waals surface area contributed by atoms with Gasteiger partial charge in [0.15, 0.2) is 11.6 Å². The highest BCUT2D eigenvalue weighted by molar-refractivity contribution is 5.89. The highest BCUT2D eigenvalue weighted by Gasteiger charge is 2.32. The molecule has 6 nitrogen and oxygen atoms in total. The Labute approximate surface area is 300 Å². The zero-order valence-electron chi connectivity index (χ0n) is 29.0. The number of ether oxygens (including phenoxy) is 1. The van der Waals surface area contributed by atoms with Crippen LogP contribution in [0, 0.1) is 11.6 Å². The number of alkyl halides is 3. The van der Waals surface area contributed by atoms with Gasteiger partial charge in [-0.25, -0.2) is 13.8 Å². The number of anilines is 1. The second kappa shape index (κ2) is 16.2. The van der Waals surface area contributed by atoms with Crippen molar-refractivity contribution >= 4 is 17.3 Å². The molecule has 0 spiro atoms. The Morgan fingerprint density at radius 1 is 0.942 bits per heavy atom. The topological polar surface area (TPSA) is 48.9 Å². The number of nitrogens with zero attached hydrogens (tertiary/aromatic N) is 4. The van der Waals surface area contributed by atoms with E-state index in [0.29, 0.717) is 31.0 Å². The molecule has 52 heavy (non-hydrogen) atoms. The molecular formula is C41H41F5N4O2. The monoisotopic (exact) mass is 716 g/mol. The molecule has 3 heterocycles. The first-order chi connectivity index (χ1) is 25.0. The van der Waals surface area contributed by atoms with Crippen LogP contribution in [0.3, 0.4) is 0 Å². The molecule has 0 bridgehead atoms. The van der Waals surface area contributed by atoms with Gasteiger partial charge in [-0.2, -0.15) is 13.2 Å². The van der Waals surface area contributed by atoms with Crippen LogP contribution in [-0.4, -0.2) is 66.6 Å². The van der Waals surface area contributed by atoms with Gasteiger partial charge in [-0.15, -0.1) is 0 Å². The molecule has 2 aliphatic heterocycles. The summed E-state index contributed by atoms with van der Waals surface area (Å²) in [5, 5.41) is 0. The van der Waals surface area contributed by atoms with Crippen molar-refractivity contribution in [3.63, 3.8) is 0 Å². The summed E-state index contributed by atoms with van der Waals surface area (Å²) in [6, 6.07) is 20.4. The van der Waals surface area contributed by atoms with Crippen LogP contribution in [-0.2, 0) is 28.7 Å². The number of benzene rings is 3. The molecule has 0 atom stereocenters. The van der Waals surface area contributed by atoms with Crippen molar-refractivity contribution < 1.29 is 31.5 Å². The molecule has 0 unspecified atom stereocenters. The van der Waals surface area contributed by atoms with Crippen LogP contribution in [0.25, 0.3) is 16.7 Å². The molecular weight excluding hydrogens is 675 g/mol. The van der Waals surface area contributed by atoms with Crippen molar-refractivity contribution in [2.45, 2.75) is 44.4 Å². The summed E-state index contributed by atoms with van der Waals surface area (Å²) in [6.45, 7) is 7.56. The van der Waals surface area contributed by atoms with Crippen LogP contribution in [0.4, 0.5) is 27.8 Å². The molecule has 1 saturated heterocycles. The fraction of sp³-hybridized carbons (Fsp3) is 0.317. The highest BCUT2D eigenvalue weighted by Crippen LogP contribution is 2.36. The Morgan fingerprint density at radius 3 is 2.31 bits per heavy atom. The van der Waals surface area contributed by atoms with Crippen molar-refractivity contribution in [2.24, 2.45) is 0 Å². The number of aromatic nitrogens is 1. The predicted molar refractivity (Wildman–Crippen MR) is 192 cm³/mol. The Kier molecular flexibility index (Phi) is 11.5. The van der Waals surface area contributed by atoms with Crippen molar-refractivity contribution in [1.82, 2.24) is 14.8 Å². The van der Waals surface area contributed by atoms with E-state index >= 15 is 0 Å². The van der Waals surface area contributed by atoms with Crippen LogP contribution >= 0.6 is 0 Å². The van der Waals surface area contributed by atoms with Gasteiger partial charge in [0.05, 0.1) is 12.2 Å². The minimum absolute atomic E-state index is 0.0255. The van der Waals surface area contributed by atoms with Crippen molar-refractivity contribution in [3.05, 3.63) is 137 Å². The van der Waals surface area contributed by atoms with Gasteiger partial charge < -0.3 is 19.4 Å². The summed E-state index contributed by atoms with van der Waals surface area (Å²) in [5.74, 6) is -1.33. The molecule has 1 fully saturated rings. The average Bonchev–Trinajstić information content (AvgIpc) is 3.15. The molecule has 11 heteroatoms. The number of hydrogen-bond acceptors (Lipinski definition) is 5. The van der Waals surface area contributed by atoms with Gasteiger partial charge in [-0.05, 0) is 89.9 Å². The first-order valence-corrected chi connectivity index (χ1v) is 17.3. The molecule has 1 amide bonds. The van der Waals surface area contributed by atoms with E-state index < -0.39 is 23.4 Å². The summed E-state index contributed by atoms with van der Waals surface area (Å²) in [4.78, 5) is 25.3. The number of rotatable bonds is 12. The van der Waals surface area contributed by atoms with Gasteiger partial charge >= 0.3 is 6.18 Å². The Balaban J connectivity index is 1.25. The number of halogens is 5. The summed E-state index contributed by atoms with van der Waals surface area (Å²) in [7, 11) is 1.68. The zero-order valence-corrected chi connectivity index (χ0v) is 29.0. The predicted octanol–water partition coefficient (Wildman–Crippen LogP) is 8.54. The van der Waals surface area contributed by atoms with Crippen molar-refractivity contribution in [1.29, 1.82) is 0 Å². The van der Waals surface area contributed by atoms with Crippen LogP contribution in [0.15, 0.2) is 103 Å². The molecule has 4 aromatic rings. The second-order valence-electron chi connectivity index (χ2n) is 13.2. The molecule has 2 aliphatic rings. The number of aryl methyl sites for hydroxylation is 1. The Hall–Kier alpha value is -4.87. The van der Waals surface area contributed by atoms with Crippen molar-refractivity contribution in [2.75, 3.05) is 44.8 Å². The van der Waals surface area contributed by atoms with E-state index in [1.165, 1.54) is 18.2 Å². The number of likely N-dealkylation sites (tertiary alicyclic amines) is 1. The van der Waals surface area contributed by atoms with Crippen LogP contribution < -0.4 is 4.90 Å². The maximum Gasteiger partial charge on any atom is 0.416 e. The van der Waals surface area contributed by atoms with E-state index in [9.17, 15) is 26.7 Å². The first kappa shape index (κ1) is 36.9. The third-order valence-electron chi connectivity index (χ3n) is 9.83. The largest absolute Gasteiger partial charge is 0.416 e. The van der Waals surface area contributed by atoms with Crippen LogP contribution in [0.1, 0.15) is 41.5 Å². The molecule has 272 valence electrons. The summed E-state index contributed by atoms with van der Waals surface area (Å²) >= 11 is 0. The van der Waals surface area contributed by atoms with Crippen LogP contribution in [0.2, 0.25) is 0 Å². The normalized spacial score (nSPS) is 15.4. The standard InChI is InChI=1S/C41H41F5N4O2/c1-28-25-35(17-14-32-5-3-7-37(42)39(32)43)50(40-36(28)6-4-20-47-40)27-38(51)49(34-18-21-48(22-19-34)23-24-52-2)26-29-8-10-30(11-9-29)31-12-15-33(16-13-31)41(44,45)46/h3-13,15-16,20,25,34H,1,14,17-19,21-24,26-27H2,2H3. The number of amides is 1. The highest BCUT2D eigenvalue weighted by atomic mass is 19.4. The molecule has 0 saturated carbocycles. The van der Waals surface area contributed by atoms with Gasteiger partial charge in [-0.3, -0.25) is 4.79 Å². The number of allylic oxidation sites excluding steroid dienone is 3. The molecule has 0 N–H and O–H groups in total. The number of fused-ring (bicyclic) bond motifs is 1. The number of hydrogen-bond donors (Lipinski definition) is 0. The van der Waals surface area contributed by atoms with Crippen LogP contribution in [0.5, 0.6) is 0 Å². The summed E-state index contributed by atoms with van der Waals surface area (Å²) in [5.41, 5.74) is 4.07. The van der Waals surface area contributed by atoms with Gasteiger partial charge in [0, 0.05) is 56.8 Å². The van der Waals surface area contributed by atoms with Gasteiger partial charge in [-0.1, -0.05) is 55.1 Å². The van der Waals surface area contributed by atoms with E-state index in [1.54, 1.807) is 19.4 Å². The van der Waals surface area contributed by atoms with E-state index in [4.69, 9.17) is 4.74 Å². The smallest absolute Gasteiger partial charge is 0.383 e. The minimum atomic E-state index is -4.41. The van der Waals surface area contributed by atoms with E-state index in [0.717, 1.165) is 78.6 Å². The molecule has 6 rings (SSSR count). The zero-order chi connectivity index (χ0) is 36.8. The van der Waals surface area contributed by atoms with Crippen molar-refractivity contribution in [3.8, 4) is 11.1 Å². The van der Waals surface area contributed by atoms with E-state index in [1.807, 2.05) is 52.3 Å². The molecule has 0 radical (unpaired) electrons. The molecule has 1 aromatic heterocycles. The second-order valence-corrected chi connectivity index (χ2v) is 13.2. The molecule has 3 aromatic carbocycles. The third kappa shape index (κ3) is 8.59. The first-order valence-electron chi connectivity index (χ1n) is 17.3. The fourth-order valence-corrected chi connectivity index (χ4v) is 6.92. The van der Waals surface area contributed by atoms with Gasteiger partial charge in [0.1, 0.15) is 12.4 Å². The fourth-order valence-electron chi connectivity index (χ4n) is 6.92. The Morgan fingerprint density at radius 2 is 1.63 bits per heavy atom. The third-order valence-corrected chi connectivity index (χ3v) is 9.83. The quantitative estimate of drug-likeness (QED) is 0.138. The lowest BCUT2D eigenvalue weighted by atomic mass is 9.98. The number of pyridine rings is 1. The summed E-state index contributed by atoms with van der Waals surface area (Å²) < 4.78 is 73.2. The number of carbonyl (C=O) groups is 1. The maximum absolute atomic E-state index is 14.6. The summed E-state index contributed by atoms with van der Waals surface area (Å²) in [6.07, 6.45) is 1.21. The average molecular weight is 717 g/mol. The Bertz CT molecular complexity index is 1900. The SMILES string of the molecule is C=C1C=C(CCc2cccc(F)c2F)N(CC(=O)N(Cc2ccc(-c3ccc(C(F)(F)F)cc3)cc2)C2CCN(CCOC)CC2)c2ncccc21. The molecule has 0 aliphatic carbocycles. The lowest BCUT2D eigenvalue weighted by molar-refractivity contribution is -0.137. The van der Waals surface area contributed by atoms with E-state index in [-0.39, 0.29) is 30.5 Å². The van der Waals surface area contributed by atoms with Gasteiger partial charge in [0.2, 0.25) is 5.91 Å². The number of carbonyl (C=O) groups excluding carboxylic acids is 1. The van der Waals surface area contributed by atoms with E-state index in [2.05, 4.69) is 16.5 Å². The maximum atomic E-state index is 14.6. The lowest BCUT2D eigenvalue weighted by Crippen LogP contribution is -2.50. The minimum Gasteiger partial charge on any atom is -0.383 e. The number of methoxy groups -OCH3 is 1. The lowest BCUT2D eigenvalue weighted by Gasteiger charge is -2.40.